The Labute approximate surface area is 105 Å². The smallest absolute Gasteiger partial charge is 0.309 e. The molecule has 0 aromatic rings. The van der Waals surface area contributed by atoms with Gasteiger partial charge in [0.1, 0.15) is 17.7 Å². The van der Waals surface area contributed by atoms with Crippen LogP contribution in [-0.4, -0.2) is 25.2 Å². The topological polar surface area (TPSA) is 100 Å². The number of nitrogens with zero attached hydrogens (tertiary/aromatic N) is 2. The summed E-state index contributed by atoms with van der Waals surface area (Å²) in [6, 6.07) is 3.30. The van der Waals surface area contributed by atoms with Gasteiger partial charge in [-0.05, 0) is 19.4 Å². The number of ether oxygens (including phenoxy) is 2. The van der Waals surface area contributed by atoms with Gasteiger partial charge in [-0.3, -0.25) is 9.59 Å². The molecule has 0 aromatic carbocycles. The van der Waals surface area contributed by atoms with Crippen molar-refractivity contribution in [1.29, 1.82) is 10.5 Å². The summed E-state index contributed by atoms with van der Waals surface area (Å²) in [6.07, 6.45) is -0.522. The Bertz CT molecular complexity index is 388. The standard InChI is InChI=1S/C12H14N2O4/c1-3-17-11(15)5-9(10(7-13)8-14)6-12(16)18-4-2/h3-6H2,1-2H3. The lowest BCUT2D eigenvalue weighted by Gasteiger charge is -2.07. The van der Waals surface area contributed by atoms with Crippen LogP contribution in [0, 0.1) is 22.7 Å². The van der Waals surface area contributed by atoms with Crippen LogP contribution in [0.4, 0.5) is 0 Å². The van der Waals surface area contributed by atoms with E-state index in [1.165, 1.54) is 0 Å². The Hall–Kier alpha value is -2.34. The third kappa shape index (κ3) is 5.66. The van der Waals surface area contributed by atoms with E-state index in [1.807, 2.05) is 0 Å². The molecule has 0 atom stereocenters. The normalized spacial score (nSPS) is 8.67. The van der Waals surface area contributed by atoms with Crippen LogP contribution in [0.15, 0.2) is 11.1 Å². The number of carbonyl (C=O) groups is 2. The zero-order valence-corrected chi connectivity index (χ0v) is 10.4. The fraction of sp³-hybridized carbons (Fsp3) is 0.500. The molecule has 0 amide bonds. The number of rotatable bonds is 6. The zero-order valence-electron chi connectivity index (χ0n) is 10.4. The maximum absolute atomic E-state index is 11.3. The molecule has 96 valence electrons. The quantitative estimate of drug-likeness (QED) is 0.519. The molecule has 0 rings (SSSR count). The summed E-state index contributed by atoms with van der Waals surface area (Å²) in [5.41, 5.74) is -0.131. The highest BCUT2D eigenvalue weighted by Gasteiger charge is 2.16. The van der Waals surface area contributed by atoms with E-state index in [4.69, 9.17) is 20.0 Å². The predicted molar refractivity (Wildman–Crippen MR) is 60.8 cm³/mol. The molecule has 0 fully saturated rings. The number of carbonyl (C=O) groups excluding carboxylic acids is 2. The zero-order chi connectivity index (χ0) is 14.0. The lowest BCUT2D eigenvalue weighted by Crippen LogP contribution is -2.11. The minimum Gasteiger partial charge on any atom is -0.466 e. The second-order valence-corrected chi connectivity index (χ2v) is 3.17. The molecule has 0 radical (unpaired) electrons. The highest BCUT2D eigenvalue weighted by Crippen LogP contribution is 2.14. The van der Waals surface area contributed by atoms with Crippen molar-refractivity contribution in [2.75, 3.05) is 13.2 Å². The number of esters is 2. The lowest BCUT2D eigenvalue weighted by molar-refractivity contribution is -0.143. The van der Waals surface area contributed by atoms with Gasteiger partial charge in [-0.15, -0.1) is 0 Å². The van der Waals surface area contributed by atoms with Crippen LogP contribution in [0.5, 0.6) is 0 Å². The molecule has 6 nitrogen and oxygen atoms in total. The van der Waals surface area contributed by atoms with Gasteiger partial charge in [0, 0.05) is 0 Å². The van der Waals surface area contributed by atoms with Crippen molar-refractivity contribution in [1.82, 2.24) is 0 Å². The highest BCUT2D eigenvalue weighted by atomic mass is 16.5. The first-order chi connectivity index (χ1) is 8.58. The average Bonchev–Trinajstić information content (AvgIpc) is 2.30. The van der Waals surface area contributed by atoms with Gasteiger partial charge in [0.05, 0.1) is 26.1 Å². The van der Waals surface area contributed by atoms with Crippen molar-refractivity contribution in [2.24, 2.45) is 0 Å². The Kier molecular flexibility index (Phi) is 7.63. The van der Waals surface area contributed by atoms with Gasteiger partial charge in [0.15, 0.2) is 0 Å². The molecule has 0 bridgehead atoms. The van der Waals surface area contributed by atoms with E-state index >= 15 is 0 Å². The molecule has 0 N–H and O–H groups in total. The largest absolute Gasteiger partial charge is 0.466 e. The predicted octanol–water partition coefficient (Wildman–Crippen LogP) is 1.24. The molecular formula is C12H14N2O4. The first-order valence-corrected chi connectivity index (χ1v) is 5.42. The molecule has 0 aromatic heterocycles. The summed E-state index contributed by atoms with van der Waals surface area (Å²) in [5, 5.41) is 17.5. The minimum atomic E-state index is -0.584. The molecule has 0 aliphatic carbocycles. The van der Waals surface area contributed by atoms with Gasteiger partial charge >= 0.3 is 11.9 Å². The van der Waals surface area contributed by atoms with Crippen molar-refractivity contribution in [3.05, 3.63) is 11.1 Å². The van der Waals surface area contributed by atoms with Gasteiger partial charge in [-0.2, -0.15) is 10.5 Å². The summed E-state index contributed by atoms with van der Waals surface area (Å²) in [6.45, 7) is 3.67. The summed E-state index contributed by atoms with van der Waals surface area (Å²) in [5.74, 6) is -1.17. The first kappa shape index (κ1) is 15.7. The fourth-order valence-corrected chi connectivity index (χ4v) is 1.19. The Morgan fingerprint density at radius 3 is 1.61 bits per heavy atom. The molecule has 0 aliphatic heterocycles. The molecule has 18 heavy (non-hydrogen) atoms. The number of hydrogen-bond donors (Lipinski definition) is 0. The minimum absolute atomic E-state index is 0.122. The Morgan fingerprint density at radius 2 is 1.33 bits per heavy atom. The van der Waals surface area contributed by atoms with Crippen molar-refractivity contribution in [3.8, 4) is 12.1 Å². The maximum atomic E-state index is 11.3. The lowest BCUT2D eigenvalue weighted by atomic mass is 10.0. The number of allylic oxidation sites excluding steroid dienone is 1. The van der Waals surface area contributed by atoms with E-state index in [2.05, 4.69) is 0 Å². The van der Waals surface area contributed by atoms with Crippen LogP contribution in [0.1, 0.15) is 26.7 Å². The fourth-order valence-electron chi connectivity index (χ4n) is 1.19. The van der Waals surface area contributed by atoms with E-state index in [0.717, 1.165) is 0 Å². The molecule has 6 heteroatoms. The van der Waals surface area contributed by atoms with Gasteiger partial charge in [-0.25, -0.2) is 0 Å². The second-order valence-electron chi connectivity index (χ2n) is 3.17. The van der Waals surface area contributed by atoms with Crippen LogP contribution < -0.4 is 0 Å². The van der Waals surface area contributed by atoms with Crippen LogP contribution in [-0.2, 0) is 19.1 Å². The second kappa shape index (κ2) is 8.77. The van der Waals surface area contributed by atoms with Crippen molar-refractivity contribution in [3.63, 3.8) is 0 Å². The molecule has 0 unspecified atom stereocenters. The monoisotopic (exact) mass is 250 g/mol. The number of hydrogen-bond acceptors (Lipinski definition) is 6. The molecule has 0 spiro atoms. The molecular weight excluding hydrogens is 236 g/mol. The SMILES string of the molecule is CCOC(=O)CC(CC(=O)OCC)=C(C#N)C#N. The van der Waals surface area contributed by atoms with E-state index in [-0.39, 0.29) is 37.2 Å². The van der Waals surface area contributed by atoms with Crippen LogP contribution in [0.25, 0.3) is 0 Å². The third-order valence-electron chi connectivity index (χ3n) is 1.90. The van der Waals surface area contributed by atoms with Crippen molar-refractivity contribution < 1.29 is 19.1 Å². The first-order valence-electron chi connectivity index (χ1n) is 5.42. The Balaban J connectivity index is 4.93. The van der Waals surface area contributed by atoms with Crippen molar-refractivity contribution in [2.45, 2.75) is 26.7 Å². The summed E-state index contributed by atoms with van der Waals surface area (Å²) in [4.78, 5) is 22.6. The van der Waals surface area contributed by atoms with Crippen LogP contribution in [0.3, 0.4) is 0 Å². The van der Waals surface area contributed by atoms with E-state index in [0.29, 0.717) is 0 Å². The highest BCUT2D eigenvalue weighted by molar-refractivity contribution is 5.79. The van der Waals surface area contributed by atoms with E-state index in [9.17, 15) is 9.59 Å². The van der Waals surface area contributed by atoms with E-state index < -0.39 is 11.9 Å². The molecule has 0 aliphatic rings. The summed E-state index contributed by atoms with van der Waals surface area (Å²) >= 11 is 0. The van der Waals surface area contributed by atoms with Gasteiger partial charge < -0.3 is 9.47 Å². The van der Waals surface area contributed by atoms with Crippen molar-refractivity contribution >= 4 is 11.9 Å². The molecule has 0 saturated heterocycles. The molecule has 0 saturated carbocycles. The van der Waals surface area contributed by atoms with Gasteiger partial charge in [-0.1, -0.05) is 0 Å². The summed E-state index contributed by atoms with van der Waals surface area (Å²) < 4.78 is 9.42. The Morgan fingerprint density at radius 1 is 0.944 bits per heavy atom. The average molecular weight is 250 g/mol. The van der Waals surface area contributed by atoms with Gasteiger partial charge in [0.2, 0.25) is 0 Å². The maximum Gasteiger partial charge on any atom is 0.309 e. The van der Waals surface area contributed by atoms with Gasteiger partial charge in [0.25, 0.3) is 0 Å². The number of nitriles is 2. The van der Waals surface area contributed by atoms with Crippen LogP contribution >= 0.6 is 0 Å². The van der Waals surface area contributed by atoms with E-state index in [1.54, 1.807) is 26.0 Å². The summed E-state index contributed by atoms with van der Waals surface area (Å²) in [7, 11) is 0. The molecule has 0 heterocycles. The van der Waals surface area contributed by atoms with Crippen LogP contribution in [0.2, 0.25) is 0 Å². The third-order valence-corrected chi connectivity index (χ3v) is 1.90.